The van der Waals surface area contributed by atoms with Gasteiger partial charge in [-0.05, 0) is 0 Å². The van der Waals surface area contributed by atoms with Gasteiger partial charge in [-0.3, -0.25) is 0 Å². The molecule has 21 heavy (non-hydrogen) atoms. The van der Waals surface area contributed by atoms with Crippen LogP contribution in [0.2, 0.25) is 0 Å². The third kappa shape index (κ3) is 4.51. The lowest BCUT2D eigenvalue weighted by atomic mass is 10.2. The molecule has 0 spiro atoms. The van der Waals surface area contributed by atoms with Crippen molar-refractivity contribution in [1.29, 1.82) is 0 Å². The lowest BCUT2D eigenvalue weighted by Crippen LogP contribution is -2.40. The molecule has 0 amide bonds. The summed E-state index contributed by atoms with van der Waals surface area (Å²) >= 11 is 0. The fraction of sp³-hybridized carbons (Fsp3) is 0.412. The van der Waals surface area contributed by atoms with Crippen LogP contribution in [-0.4, -0.2) is 43.2 Å². The van der Waals surface area contributed by atoms with Crippen LogP contribution in [0.5, 0.6) is 0 Å². The summed E-state index contributed by atoms with van der Waals surface area (Å²) in [5.74, 6) is 0. The number of hydrogen-bond donors (Lipinski definition) is 0. The Morgan fingerprint density at radius 1 is 1.05 bits per heavy atom. The first-order chi connectivity index (χ1) is 10.2. The van der Waals surface area contributed by atoms with Crippen molar-refractivity contribution >= 4 is 0 Å². The highest BCUT2D eigenvalue weighted by atomic mass is 16.6. The van der Waals surface area contributed by atoms with E-state index >= 15 is 0 Å². The molecule has 0 saturated carbocycles. The molecule has 2 rings (SSSR count). The van der Waals surface area contributed by atoms with Crippen LogP contribution in [0.15, 0.2) is 55.6 Å². The SMILES string of the molecule is C=CCO[C@H]1C[N+]([O-])(Cc2ccccc2)C[C@@H]1OCC=C. The number of ether oxygens (including phenoxy) is 2. The van der Waals surface area contributed by atoms with Crippen molar-refractivity contribution in [1.82, 2.24) is 0 Å². The molecular weight excluding hydrogens is 266 g/mol. The summed E-state index contributed by atoms with van der Waals surface area (Å²) in [5, 5.41) is 12.9. The molecule has 1 fully saturated rings. The molecule has 0 radical (unpaired) electrons. The number of hydrogen-bond acceptors (Lipinski definition) is 3. The highest BCUT2D eigenvalue weighted by Crippen LogP contribution is 2.26. The highest BCUT2D eigenvalue weighted by Gasteiger charge is 2.41. The summed E-state index contributed by atoms with van der Waals surface area (Å²) < 4.78 is 11.1. The van der Waals surface area contributed by atoms with Crippen LogP contribution in [0.25, 0.3) is 0 Å². The molecule has 1 aromatic carbocycles. The first-order valence-electron chi connectivity index (χ1n) is 7.23. The van der Waals surface area contributed by atoms with Gasteiger partial charge in [0.05, 0.1) is 13.2 Å². The Kier molecular flexibility index (Phi) is 5.70. The average molecular weight is 289 g/mol. The normalized spacial score (nSPS) is 23.9. The maximum Gasteiger partial charge on any atom is 0.139 e. The predicted octanol–water partition coefficient (Wildman–Crippen LogP) is 2.66. The zero-order valence-electron chi connectivity index (χ0n) is 12.3. The van der Waals surface area contributed by atoms with Gasteiger partial charge in [0.2, 0.25) is 0 Å². The highest BCUT2D eigenvalue weighted by molar-refractivity contribution is 5.13. The van der Waals surface area contributed by atoms with Gasteiger partial charge >= 0.3 is 0 Å². The number of nitrogens with zero attached hydrogens (tertiary/aromatic N) is 1. The second-order valence-electron chi connectivity index (χ2n) is 5.39. The number of benzene rings is 1. The number of likely N-dealkylation sites (tertiary alicyclic amines) is 1. The third-order valence-electron chi connectivity index (χ3n) is 3.61. The summed E-state index contributed by atoms with van der Waals surface area (Å²) in [4.78, 5) is 0. The van der Waals surface area contributed by atoms with Crippen LogP contribution >= 0.6 is 0 Å². The van der Waals surface area contributed by atoms with E-state index in [1.165, 1.54) is 0 Å². The first kappa shape index (κ1) is 15.9. The second kappa shape index (κ2) is 7.52. The molecule has 0 aliphatic carbocycles. The second-order valence-corrected chi connectivity index (χ2v) is 5.39. The van der Waals surface area contributed by atoms with Gasteiger partial charge in [0.25, 0.3) is 0 Å². The van der Waals surface area contributed by atoms with Crippen LogP contribution in [0, 0.1) is 5.21 Å². The van der Waals surface area contributed by atoms with E-state index < -0.39 is 0 Å². The maximum atomic E-state index is 12.9. The van der Waals surface area contributed by atoms with Crippen LogP contribution in [0.1, 0.15) is 5.56 Å². The predicted molar refractivity (Wildman–Crippen MR) is 83.4 cm³/mol. The van der Waals surface area contributed by atoms with Gasteiger partial charge in [0, 0.05) is 5.56 Å². The lowest BCUT2D eigenvalue weighted by Gasteiger charge is -2.38. The van der Waals surface area contributed by atoms with E-state index in [4.69, 9.17) is 9.47 Å². The minimum absolute atomic E-state index is 0.191. The van der Waals surface area contributed by atoms with E-state index in [1.54, 1.807) is 12.2 Å². The van der Waals surface area contributed by atoms with Crippen molar-refractivity contribution in [3.05, 3.63) is 66.4 Å². The number of rotatable bonds is 8. The third-order valence-corrected chi connectivity index (χ3v) is 3.61. The zero-order valence-corrected chi connectivity index (χ0v) is 12.3. The van der Waals surface area contributed by atoms with E-state index in [9.17, 15) is 5.21 Å². The Morgan fingerprint density at radius 3 is 2.05 bits per heavy atom. The fourth-order valence-electron chi connectivity index (χ4n) is 2.71. The van der Waals surface area contributed by atoms with Crippen molar-refractivity contribution in [2.24, 2.45) is 0 Å². The molecule has 4 nitrogen and oxygen atoms in total. The van der Waals surface area contributed by atoms with Crippen LogP contribution in [-0.2, 0) is 16.0 Å². The standard InChI is InChI=1S/C17H23NO3/c1-3-10-20-16-13-18(19,14-17(16)21-11-4-2)12-15-8-6-5-7-9-15/h3-9,16-17H,1-2,10-14H2/t16-,17-/m0/s1. The van der Waals surface area contributed by atoms with Gasteiger partial charge in [0.1, 0.15) is 31.8 Å². The summed E-state index contributed by atoms with van der Waals surface area (Å²) in [6.07, 6.45) is 3.01. The topological polar surface area (TPSA) is 41.5 Å². The van der Waals surface area contributed by atoms with Gasteiger partial charge in [-0.2, -0.15) is 0 Å². The Morgan fingerprint density at radius 2 is 1.57 bits per heavy atom. The molecule has 0 unspecified atom stereocenters. The molecule has 0 aromatic heterocycles. The molecule has 1 heterocycles. The van der Waals surface area contributed by atoms with Gasteiger partial charge in [-0.15, -0.1) is 13.2 Å². The smallest absolute Gasteiger partial charge is 0.139 e. The Balaban J connectivity index is 2.03. The minimum Gasteiger partial charge on any atom is -0.632 e. The van der Waals surface area contributed by atoms with Crippen molar-refractivity contribution in [3.8, 4) is 0 Å². The average Bonchev–Trinajstić information content (AvgIpc) is 2.80. The van der Waals surface area contributed by atoms with E-state index in [0.717, 1.165) is 5.56 Å². The van der Waals surface area contributed by atoms with Gasteiger partial charge in [-0.25, -0.2) is 0 Å². The van der Waals surface area contributed by atoms with Crippen LogP contribution < -0.4 is 0 Å². The molecule has 4 heteroatoms. The monoisotopic (exact) mass is 289 g/mol. The fourth-order valence-corrected chi connectivity index (χ4v) is 2.71. The van der Waals surface area contributed by atoms with Gasteiger partial charge < -0.3 is 19.3 Å². The van der Waals surface area contributed by atoms with E-state index in [0.29, 0.717) is 32.8 Å². The quantitative estimate of drug-likeness (QED) is 0.420. The molecule has 1 aromatic rings. The summed E-state index contributed by atoms with van der Waals surface area (Å²) in [5.41, 5.74) is 1.04. The number of hydroxylamine groups is 3. The van der Waals surface area contributed by atoms with Crippen LogP contribution in [0.3, 0.4) is 0 Å². The molecule has 2 atom stereocenters. The van der Waals surface area contributed by atoms with Crippen molar-refractivity contribution < 1.29 is 14.1 Å². The molecule has 0 N–H and O–H groups in total. The van der Waals surface area contributed by atoms with E-state index in [2.05, 4.69) is 13.2 Å². The molecule has 1 saturated heterocycles. The maximum absolute atomic E-state index is 12.9. The lowest BCUT2D eigenvalue weighted by molar-refractivity contribution is -0.884. The van der Waals surface area contributed by atoms with E-state index in [-0.39, 0.29) is 16.9 Å². The van der Waals surface area contributed by atoms with E-state index in [1.807, 2.05) is 30.3 Å². The van der Waals surface area contributed by atoms with Gasteiger partial charge in [0.15, 0.2) is 0 Å². The molecular formula is C17H23NO3. The molecule has 1 aliphatic heterocycles. The van der Waals surface area contributed by atoms with Crippen molar-refractivity contribution in [2.75, 3.05) is 26.3 Å². The molecule has 1 aliphatic rings. The minimum atomic E-state index is -0.312. The Bertz CT molecular complexity index is 440. The summed E-state index contributed by atoms with van der Waals surface area (Å²) in [6, 6.07) is 9.82. The van der Waals surface area contributed by atoms with Crippen molar-refractivity contribution in [3.63, 3.8) is 0 Å². The summed E-state index contributed by atoms with van der Waals surface area (Å²) in [7, 11) is 0. The zero-order chi connectivity index (χ0) is 15.1. The largest absolute Gasteiger partial charge is 0.632 e. The first-order valence-corrected chi connectivity index (χ1v) is 7.23. The van der Waals surface area contributed by atoms with Crippen molar-refractivity contribution in [2.45, 2.75) is 18.8 Å². The molecule has 0 bridgehead atoms. The summed E-state index contributed by atoms with van der Waals surface area (Å²) in [6.45, 7) is 9.43. The van der Waals surface area contributed by atoms with Gasteiger partial charge in [-0.1, -0.05) is 42.5 Å². The van der Waals surface area contributed by atoms with Crippen LogP contribution in [0.4, 0.5) is 0 Å². The Hall–Kier alpha value is -1.46. The number of quaternary nitrogens is 1. The molecule has 114 valence electrons. The Labute approximate surface area is 126 Å².